The van der Waals surface area contributed by atoms with Gasteiger partial charge >= 0.3 is 0 Å². The second kappa shape index (κ2) is 6.68. The number of pyridine rings is 1. The van der Waals surface area contributed by atoms with Gasteiger partial charge in [-0.1, -0.05) is 6.07 Å². The number of methoxy groups -OCH3 is 1. The fraction of sp³-hybridized carbons (Fsp3) is 0.400. The van der Waals surface area contributed by atoms with Gasteiger partial charge in [0.2, 0.25) is 0 Å². The molecule has 1 aromatic heterocycles. The lowest BCUT2D eigenvalue weighted by Crippen LogP contribution is -2.48. The van der Waals surface area contributed by atoms with Crippen LogP contribution in [-0.2, 0) is 16.8 Å². The Labute approximate surface area is 151 Å². The van der Waals surface area contributed by atoms with E-state index < -0.39 is 5.82 Å². The molecule has 1 aromatic carbocycles. The normalized spacial score (nSPS) is 18.5. The number of carbonyl (C=O) groups excluding carboxylic acids is 1. The van der Waals surface area contributed by atoms with Crippen LogP contribution >= 0.6 is 0 Å². The molecule has 0 radical (unpaired) electrons. The molecule has 3 heterocycles. The molecule has 1 amide bonds. The average molecular weight is 356 g/mol. The fourth-order valence-electron chi connectivity index (χ4n) is 3.99. The lowest BCUT2D eigenvalue weighted by molar-refractivity contribution is -0.0935. The Balaban J connectivity index is 1.54. The van der Waals surface area contributed by atoms with Crippen molar-refractivity contribution in [1.29, 1.82) is 0 Å². The van der Waals surface area contributed by atoms with Crippen LogP contribution in [-0.4, -0.2) is 42.6 Å². The summed E-state index contributed by atoms with van der Waals surface area (Å²) in [6, 6.07) is 7.54. The first-order valence-corrected chi connectivity index (χ1v) is 8.83. The number of ether oxygens (including phenoxy) is 2. The zero-order valence-corrected chi connectivity index (χ0v) is 14.7. The first-order valence-electron chi connectivity index (χ1n) is 8.83. The Morgan fingerprint density at radius 1 is 1.31 bits per heavy atom. The zero-order valence-electron chi connectivity index (χ0n) is 14.7. The molecule has 0 bridgehead atoms. The Morgan fingerprint density at radius 3 is 2.85 bits per heavy atom. The maximum Gasteiger partial charge on any atom is 0.256 e. The molecule has 2 aromatic rings. The van der Waals surface area contributed by atoms with Gasteiger partial charge in [-0.2, -0.15) is 0 Å². The van der Waals surface area contributed by atoms with Gasteiger partial charge in [-0.3, -0.25) is 9.78 Å². The number of benzene rings is 1. The number of likely N-dealkylation sites (tertiary alicyclic amines) is 1. The van der Waals surface area contributed by atoms with E-state index in [0.717, 1.165) is 18.4 Å². The van der Waals surface area contributed by atoms with Gasteiger partial charge in [0, 0.05) is 19.3 Å². The monoisotopic (exact) mass is 356 g/mol. The summed E-state index contributed by atoms with van der Waals surface area (Å²) in [5.41, 5.74) is 2.14. The van der Waals surface area contributed by atoms with Gasteiger partial charge in [0.15, 0.2) is 5.82 Å². The van der Waals surface area contributed by atoms with Gasteiger partial charge in [0.1, 0.15) is 5.75 Å². The molecule has 0 saturated carbocycles. The highest BCUT2D eigenvalue weighted by molar-refractivity contribution is 5.94. The van der Waals surface area contributed by atoms with Crippen LogP contribution in [0.2, 0.25) is 0 Å². The third-order valence-corrected chi connectivity index (χ3v) is 5.41. The van der Waals surface area contributed by atoms with E-state index in [1.165, 1.54) is 23.4 Å². The van der Waals surface area contributed by atoms with Crippen molar-refractivity contribution in [3.05, 3.63) is 59.2 Å². The molecule has 1 spiro atoms. The number of fused-ring (bicyclic) bond motifs is 2. The third-order valence-electron chi connectivity index (χ3n) is 5.41. The number of rotatable bonds is 2. The minimum Gasteiger partial charge on any atom is -0.497 e. The van der Waals surface area contributed by atoms with Crippen molar-refractivity contribution in [2.45, 2.75) is 24.9 Å². The number of halogens is 1. The molecule has 0 aliphatic carbocycles. The first kappa shape index (κ1) is 17.0. The highest BCUT2D eigenvalue weighted by Gasteiger charge is 2.42. The van der Waals surface area contributed by atoms with Crippen LogP contribution in [0.15, 0.2) is 36.7 Å². The smallest absolute Gasteiger partial charge is 0.256 e. The Morgan fingerprint density at radius 2 is 2.12 bits per heavy atom. The van der Waals surface area contributed by atoms with E-state index in [9.17, 15) is 9.18 Å². The van der Waals surface area contributed by atoms with Crippen molar-refractivity contribution in [3.63, 3.8) is 0 Å². The highest BCUT2D eigenvalue weighted by Crippen LogP contribution is 2.42. The number of hydrogen-bond acceptors (Lipinski definition) is 4. The molecule has 1 saturated heterocycles. The van der Waals surface area contributed by atoms with Crippen molar-refractivity contribution in [1.82, 2.24) is 9.88 Å². The van der Waals surface area contributed by atoms with Crippen molar-refractivity contribution < 1.29 is 18.7 Å². The van der Waals surface area contributed by atoms with Crippen molar-refractivity contribution in [2.75, 3.05) is 26.8 Å². The highest BCUT2D eigenvalue weighted by atomic mass is 19.1. The quantitative estimate of drug-likeness (QED) is 0.830. The van der Waals surface area contributed by atoms with Gasteiger partial charge in [-0.25, -0.2) is 4.39 Å². The van der Waals surface area contributed by atoms with E-state index in [1.54, 1.807) is 12.0 Å². The van der Waals surface area contributed by atoms with Gasteiger partial charge in [-0.05, 0) is 48.6 Å². The maximum absolute atomic E-state index is 13.9. The van der Waals surface area contributed by atoms with Crippen LogP contribution in [0.4, 0.5) is 4.39 Å². The minimum atomic E-state index is -0.579. The molecule has 0 atom stereocenters. The minimum absolute atomic E-state index is 0.0747. The average Bonchev–Trinajstić information content (AvgIpc) is 2.68. The molecule has 6 heteroatoms. The molecule has 1 fully saturated rings. The van der Waals surface area contributed by atoms with Gasteiger partial charge in [0.25, 0.3) is 5.91 Å². The molecule has 0 unspecified atom stereocenters. The number of piperidine rings is 1. The van der Waals surface area contributed by atoms with Crippen LogP contribution in [0.3, 0.4) is 0 Å². The van der Waals surface area contributed by atoms with Crippen LogP contribution < -0.4 is 4.74 Å². The summed E-state index contributed by atoms with van der Waals surface area (Å²) in [5, 5.41) is 0. The van der Waals surface area contributed by atoms with Gasteiger partial charge < -0.3 is 14.4 Å². The van der Waals surface area contributed by atoms with E-state index in [-0.39, 0.29) is 17.1 Å². The van der Waals surface area contributed by atoms with E-state index in [0.29, 0.717) is 32.5 Å². The number of carbonyl (C=O) groups is 1. The lowest BCUT2D eigenvalue weighted by atomic mass is 9.79. The topological polar surface area (TPSA) is 51.7 Å². The summed E-state index contributed by atoms with van der Waals surface area (Å²) in [6.45, 7) is 1.73. The summed E-state index contributed by atoms with van der Waals surface area (Å²) in [6.07, 6.45) is 4.77. The lowest BCUT2D eigenvalue weighted by Gasteiger charge is -2.45. The number of aromatic nitrogens is 1. The van der Waals surface area contributed by atoms with E-state index in [1.807, 2.05) is 6.07 Å². The number of nitrogens with zero attached hydrogens (tertiary/aromatic N) is 2. The summed E-state index contributed by atoms with van der Waals surface area (Å²) >= 11 is 0. The molecular formula is C20H21FN2O3. The molecule has 2 aliphatic heterocycles. The maximum atomic E-state index is 13.9. The Bertz CT molecular complexity index is 832. The number of amides is 1. The third kappa shape index (κ3) is 2.84. The van der Waals surface area contributed by atoms with Crippen LogP contribution in [0.5, 0.6) is 5.75 Å². The first-order chi connectivity index (χ1) is 12.6. The molecule has 136 valence electrons. The number of hydrogen-bond donors (Lipinski definition) is 0. The SMILES string of the molecule is COc1ccc2c(c1)CCOC21CCN(C(=O)c2ccncc2F)CC1. The predicted molar refractivity (Wildman–Crippen MR) is 93.7 cm³/mol. The van der Waals surface area contributed by atoms with Crippen molar-refractivity contribution >= 4 is 5.91 Å². The predicted octanol–water partition coefficient (Wildman–Crippen LogP) is 2.93. The summed E-state index contributed by atoms with van der Waals surface area (Å²) in [5.74, 6) is -0.0174. The molecule has 4 rings (SSSR count). The largest absolute Gasteiger partial charge is 0.497 e. The van der Waals surface area contributed by atoms with Gasteiger partial charge in [-0.15, -0.1) is 0 Å². The fourth-order valence-corrected chi connectivity index (χ4v) is 3.99. The summed E-state index contributed by atoms with van der Waals surface area (Å²) < 4.78 is 25.4. The van der Waals surface area contributed by atoms with Crippen LogP contribution in [0.1, 0.15) is 34.3 Å². The van der Waals surface area contributed by atoms with Crippen molar-refractivity contribution in [3.8, 4) is 5.75 Å². The van der Waals surface area contributed by atoms with E-state index >= 15 is 0 Å². The standard InChI is InChI=1S/C20H21FN2O3/c1-25-15-2-3-17-14(12-15)5-11-26-20(17)6-9-23(10-7-20)19(24)16-4-8-22-13-18(16)21/h2-4,8,12-13H,5-7,9-11H2,1H3. The molecule has 26 heavy (non-hydrogen) atoms. The van der Waals surface area contributed by atoms with Crippen LogP contribution in [0.25, 0.3) is 0 Å². The molecular weight excluding hydrogens is 335 g/mol. The summed E-state index contributed by atoms with van der Waals surface area (Å²) in [4.78, 5) is 18.0. The summed E-state index contributed by atoms with van der Waals surface area (Å²) in [7, 11) is 1.67. The molecule has 0 N–H and O–H groups in total. The van der Waals surface area contributed by atoms with E-state index in [2.05, 4.69) is 17.1 Å². The molecule has 2 aliphatic rings. The Kier molecular flexibility index (Phi) is 4.36. The van der Waals surface area contributed by atoms with Crippen molar-refractivity contribution in [2.24, 2.45) is 0 Å². The Hall–Kier alpha value is -2.47. The van der Waals surface area contributed by atoms with Gasteiger partial charge in [0.05, 0.1) is 31.1 Å². The van der Waals surface area contributed by atoms with E-state index in [4.69, 9.17) is 9.47 Å². The molecule has 5 nitrogen and oxygen atoms in total. The van der Waals surface area contributed by atoms with Crippen LogP contribution in [0, 0.1) is 5.82 Å². The second-order valence-electron chi connectivity index (χ2n) is 6.76. The zero-order chi connectivity index (χ0) is 18.1. The second-order valence-corrected chi connectivity index (χ2v) is 6.76.